The Morgan fingerprint density at radius 2 is 2.05 bits per heavy atom. The summed E-state index contributed by atoms with van der Waals surface area (Å²) in [4.78, 5) is 4.06. The maximum Gasteiger partial charge on any atom is 0.263 e. The number of rotatable bonds is 3. The minimum Gasteiger partial charge on any atom is -0.398 e. The van der Waals surface area contributed by atoms with Crippen LogP contribution in [0.4, 0.5) is 11.5 Å². The molecule has 2 aromatic rings. The van der Waals surface area contributed by atoms with Crippen LogP contribution >= 0.6 is 15.9 Å². The molecular formula is C12H12BrN3O2S. The van der Waals surface area contributed by atoms with Crippen molar-refractivity contribution < 1.29 is 8.42 Å². The van der Waals surface area contributed by atoms with Gasteiger partial charge in [0.15, 0.2) is 0 Å². The lowest BCUT2D eigenvalue weighted by molar-refractivity contribution is 0.600. The van der Waals surface area contributed by atoms with Gasteiger partial charge < -0.3 is 5.73 Å². The quantitative estimate of drug-likeness (QED) is 0.840. The third-order valence-corrected chi connectivity index (χ3v) is 4.50. The van der Waals surface area contributed by atoms with E-state index in [1.165, 1.54) is 12.3 Å². The molecule has 1 aromatic carbocycles. The summed E-state index contributed by atoms with van der Waals surface area (Å²) >= 11 is 3.24. The number of aromatic nitrogens is 1. The predicted octanol–water partition coefficient (Wildman–Crippen LogP) is 2.54. The van der Waals surface area contributed by atoms with E-state index in [0.29, 0.717) is 15.7 Å². The number of hydrogen-bond donors (Lipinski definition) is 2. The van der Waals surface area contributed by atoms with Crippen molar-refractivity contribution in [3.63, 3.8) is 0 Å². The van der Waals surface area contributed by atoms with Crippen LogP contribution in [-0.2, 0) is 10.0 Å². The highest BCUT2D eigenvalue weighted by atomic mass is 79.9. The lowest BCUT2D eigenvalue weighted by Gasteiger charge is -2.11. The first-order valence-electron chi connectivity index (χ1n) is 5.39. The minimum atomic E-state index is -3.71. The van der Waals surface area contributed by atoms with E-state index < -0.39 is 10.0 Å². The van der Waals surface area contributed by atoms with Crippen molar-refractivity contribution in [2.45, 2.75) is 11.8 Å². The van der Waals surface area contributed by atoms with Gasteiger partial charge in [0.05, 0.1) is 4.90 Å². The van der Waals surface area contributed by atoms with E-state index in [2.05, 4.69) is 25.6 Å². The van der Waals surface area contributed by atoms with Crippen molar-refractivity contribution >= 4 is 37.5 Å². The molecule has 0 aliphatic rings. The first-order valence-corrected chi connectivity index (χ1v) is 7.67. The number of nitrogen functional groups attached to an aromatic ring is 1. The zero-order valence-electron chi connectivity index (χ0n) is 10.1. The van der Waals surface area contributed by atoms with Crippen LogP contribution in [0.1, 0.15) is 5.56 Å². The molecule has 0 atom stereocenters. The largest absolute Gasteiger partial charge is 0.398 e. The molecule has 0 radical (unpaired) electrons. The highest BCUT2D eigenvalue weighted by Gasteiger charge is 2.19. The van der Waals surface area contributed by atoms with Crippen LogP contribution in [0.15, 0.2) is 45.9 Å². The summed E-state index contributed by atoms with van der Waals surface area (Å²) < 4.78 is 27.6. The number of pyridine rings is 1. The molecule has 0 saturated heterocycles. The molecule has 0 unspecified atom stereocenters. The molecule has 1 aromatic heterocycles. The fraction of sp³-hybridized carbons (Fsp3) is 0.0833. The summed E-state index contributed by atoms with van der Waals surface area (Å²) in [6, 6.07) is 8.16. The Bertz CT molecular complexity index is 702. The second kappa shape index (κ2) is 5.18. The van der Waals surface area contributed by atoms with Crippen LogP contribution in [0.25, 0.3) is 0 Å². The van der Waals surface area contributed by atoms with E-state index in [0.717, 1.165) is 0 Å². The van der Waals surface area contributed by atoms with E-state index >= 15 is 0 Å². The highest BCUT2D eigenvalue weighted by molar-refractivity contribution is 9.10. The average molecular weight is 342 g/mol. The number of halogens is 1. The maximum atomic E-state index is 12.3. The molecule has 1 heterocycles. The van der Waals surface area contributed by atoms with Gasteiger partial charge in [0.2, 0.25) is 0 Å². The van der Waals surface area contributed by atoms with Gasteiger partial charge in [-0.2, -0.15) is 0 Å². The monoisotopic (exact) mass is 341 g/mol. The van der Waals surface area contributed by atoms with Crippen LogP contribution in [0, 0.1) is 6.92 Å². The Balaban J connectivity index is 2.46. The summed E-state index contributed by atoms with van der Waals surface area (Å²) in [6.07, 6.45) is 1.51. The lowest BCUT2D eigenvalue weighted by Crippen LogP contribution is -2.15. The maximum absolute atomic E-state index is 12.3. The number of anilines is 2. The van der Waals surface area contributed by atoms with Crippen LogP contribution in [0.3, 0.4) is 0 Å². The fourth-order valence-electron chi connectivity index (χ4n) is 1.57. The summed E-state index contributed by atoms with van der Waals surface area (Å²) in [7, 11) is -3.71. The van der Waals surface area contributed by atoms with E-state index in [9.17, 15) is 8.42 Å². The molecular weight excluding hydrogens is 330 g/mol. The topological polar surface area (TPSA) is 85.1 Å². The van der Waals surface area contributed by atoms with Crippen molar-refractivity contribution in [3.8, 4) is 0 Å². The van der Waals surface area contributed by atoms with Crippen molar-refractivity contribution in [2.75, 3.05) is 10.5 Å². The molecule has 0 bridgehead atoms. The highest BCUT2D eigenvalue weighted by Crippen LogP contribution is 2.27. The van der Waals surface area contributed by atoms with Crippen molar-refractivity contribution in [1.82, 2.24) is 4.98 Å². The van der Waals surface area contributed by atoms with Gasteiger partial charge in [-0.15, -0.1) is 0 Å². The molecule has 100 valence electrons. The summed E-state index contributed by atoms with van der Waals surface area (Å²) in [5.41, 5.74) is 6.69. The van der Waals surface area contributed by atoms with Crippen LogP contribution in [0.5, 0.6) is 0 Å². The number of benzene rings is 1. The zero-order chi connectivity index (χ0) is 14.0. The van der Waals surface area contributed by atoms with Gasteiger partial charge in [-0.25, -0.2) is 13.4 Å². The van der Waals surface area contributed by atoms with E-state index in [4.69, 9.17) is 5.73 Å². The second-order valence-corrected chi connectivity index (χ2v) is 6.51. The Labute approximate surface area is 120 Å². The molecule has 2 rings (SSSR count). The van der Waals surface area contributed by atoms with E-state index in [-0.39, 0.29) is 10.7 Å². The van der Waals surface area contributed by atoms with Gasteiger partial charge in [0.1, 0.15) is 5.82 Å². The number of hydrogen-bond acceptors (Lipinski definition) is 4. The Morgan fingerprint density at radius 1 is 1.32 bits per heavy atom. The molecule has 0 fully saturated rings. The van der Waals surface area contributed by atoms with Crippen molar-refractivity contribution in [2.24, 2.45) is 0 Å². The Kier molecular flexibility index (Phi) is 3.77. The van der Waals surface area contributed by atoms with Gasteiger partial charge in [-0.3, -0.25) is 4.72 Å². The normalized spacial score (nSPS) is 11.3. The molecule has 0 saturated carbocycles. The average Bonchev–Trinajstić information content (AvgIpc) is 2.34. The molecule has 5 nitrogen and oxygen atoms in total. The number of nitrogens with one attached hydrogen (secondary N) is 1. The molecule has 19 heavy (non-hydrogen) atoms. The third kappa shape index (κ3) is 3.05. The molecule has 3 N–H and O–H groups in total. The number of nitrogens with zero attached hydrogens (tertiary/aromatic N) is 1. The van der Waals surface area contributed by atoms with Gasteiger partial charge >= 0.3 is 0 Å². The van der Waals surface area contributed by atoms with Gasteiger partial charge in [0.25, 0.3) is 10.0 Å². The number of sulfonamides is 1. The van der Waals surface area contributed by atoms with Gasteiger partial charge in [-0.05, 0) is 36.8 Å². The van der Waals surface area contributed by atoms with E-state index in [1.54, 1.807) is 31.2 Å². The Hall–Kier alpha value is -1.60. The van der Waals surface area contributed by atoms with Gasteiger partial charge in [-0.1, -0.05) is 22.0 Å². The third-order valence-electron chi connectivity index (χ3n) is 2.56. The van der Waals surface area contributed by atoms with Crippen LogP contribution in [-0.4, -0.2) is 13.4 Å². The first-order chi connectivity index (χ1) is 8.90. The first kappa shape index (κ1) is 13.8. The van der Waals surface area contributed by atoms with Crippen LogP contribution < -0.4 is 10.5 Å². The molecule has 0 aliphatic heterocycles. The SMILES string of the molecule is Cc1c(N)cc(Br)cc1S(=O)(=O)Nc1ccccn1. The zero-order valence-corrected chi connectivity index (χ0v) is 12.5. The minimum absolute atomic E-state index is 0.130. The predicted molar refractivity (Wildman–Crippen MR) is 78.3 cm³/mol. The Morgan fingerprint density at radius 3 is 2.68 bits per heavy atom. The second-order valence-electron chi connectivity index (χ2n) is 3.94. The fourth-order valence-corrected chi connectivity index (χ4v) is 3.51. The summed E-state index contributed by atoms with van der Waals surface area (Å²) in [5.74, 6) is 0.264. The molecule has 7 heteroatoms. The van der Waals surface area contributed by atoms with Crippen molar-refractivity contribution in [1.29, 1.82) is 0 Å². The standard InChI is InChI=1S/C12H12BrN3O2S/c1-8-10(14)6-9(13)7-11(8)19(17,18)16-12-4-2-3-5-15-12/h2-7H,14H2,1H3,(H,15,16). The van der Waals surface area contributed by atoms with Crippen molar-refractivity contribution in [3.05, 3.63) is 46.6 Å². The summed E-state index contributed by atoms with van der Waals surface area (Å²) in [5, 5.41) is 0. The van der Waals surface area contributed by atoms with E-state index in [1.807, 2.05) is 0 Å². The molecule has 0 aliphatic carbocycles. The lowest BCUT2D eigenvalue weighted by atomic mass is 10.2. The molecule has 0 amide bonds. The number of nitrogens with two attached hydrogens (primary N) is 1. The van der Waals surface area contributed by atoms with Crippen LogP contribution in [0.2, 0.25) is 0 Å². The summed E-state index contributed by atoms with van der Waals surface area (Å²) in [6.45, 7) is 1.66. The van der Waals surface area contributed by atoms with Gasteiger partial charge in [0, 0.05) is 16.4 Å². The smallest absolute Gasteiger partial charge is 0.263 e. The molecule has 0 spiro atoms.